The third-order valence-electron chi connectivity index (χ3n) is 3.92. The van der Waals surface area contributed by atoms with Crippen LogP contribution in [0.3, 0.4) is 0 Å². The SMILES string of the molecule is Cc1nn(C)c(Cl)c1CC1(CC(C)C)CCCN1. The minimum atomic E-state index is 0.228. The normalized spacial score (nSPS) is 24.1. The largest absolute Gasteiger partial charge is 0.311 e. The number of nitrogens with one attached hydrogen (secondary N) is 1. The monoisotopic (exact) mass is 269 g/mol. The number of hydrogen-bond donors (Lipinski definition) is 1. The third-order valence-corrected chi connectivity index (χ3v) is 4.39. The fourth-order valence-corrected chi connectivity index (χ4v) is 3.50. The molecule has 1 aromatic rings. The summed E-state index contributed by atoms with van der Waals surface area (Å²) in [5.41, 5.74) is 2.51. The zero-order valence-electron chi connectivity index (χ0n) is 11.9. The van der Waals surface area contributed by atoms with Gasteiger partial charge in [0, 0.05) is 18.2 Å². The summed E-state index contributed by atoms with van der Waals surface area (Å²) < 4.78 is 1.78. The van der Waals surface area contributed by atoms with E-state index >= 15 is 0 Å². The number of aromatic nitrogens is 2. The van der Waals surface area contributed by atoms with Crippen LogP contribution in [0.4, 0.5) is 0 Å². The molecule has 1 unspecified atom stereocenters. The molecule has 3 nitrogen and oxygen atoms in total. The standard InChI is InChI=1S/C14H24ClN3/c1-10(2)8-14(6-5-7-16-14)9-12-11(3)17-18(4)13(12)15/h10,16H,5-9H2,1-4H3. The van der Waals surface area contributed by atoms with E-state index in [0.29, 0.717) is 5.92 Å². The van der Waals surface area contributed by atoms with Crippen LogP contribution in [0.25, 0.3) is 0 Å². The molecule has 0 radical (unpaired) electrons. The van der Waals surface area contributed by atoms with E-state index in [0.717, 1.165) is 23.8 Å². The van der Waals surface area contributed by atoms with E-state index in [2.05, 4.69) is 31.2 Å². The van der Waals surface area contributed by atoms with Crippen LogP contribution in [0.1, 0.15) is 44.4 Å². The maximum absolute atomic E-state index is 6.36. The van der Waals surface area contributed by atoms with Crippen molar-refractivity contribution in [2.45, 2.75) is 52.0 Å². The Morgan fingerprint density at radius 3 is 2.67 bits per heavy atom. The van der Waals surface area contributed by atoms with E-state index in [4.69, 9.17) is 11.6 Å². The van der Waals surface area contributed by atoms with Gasteiger partial charge in [-0.15, -0.1) is 0 Å². The number of halogens is 1. The summed E-state index contributed by atoms with van der Waals surface area (Å²) in [4.78, 5) is 0. The minimum absolute atomic E-state index is 0.228. The van der Waals surface area contributed by atoms with Crippen LogP contribution >= 0.6 is 11.6 Å². The van der Waals surface area contributed by atoms with E-state index in [1.165, 1.54) is 24.8 Å². The van der Waals surface area contributed by atoms with Gasteiger partial charge >= 0.3 is 0 Å². The van der Waals surface area contributed by atoms with Crippen molar-refractivity contribution in [2.75, 3.05) is 6.54 Å². The summed E-state index contributed by atoms with van der Waals surface area (Å²) in [6.45, 7) is 7.77. The molecule has 18 heavy (non-hydrogen) atoms. The molecule has 0 saturated carbocycles. The first-order valence-electron chi connectivity index (χ1n) is 6.86. The molecule has 1 saturated heterocycles. The van der Waals surface area contributed by atoms with Crippen LogP contribution in [0.15, 0.2) is 0 Å². The Morgan fingerprint density at radius 2 is 2.22 bits per heavy atom. The quantitative estimate of drug-likeness (QED) is 0.910. The van der Waals surface area contributed by atoms with Crippen LogP contribution in [-0.2, 0) is 13.5 Å². The van der Waals surface area contributed by atoms with Crippen molar-refractivity contribution in [3.05, 3.63) is 16.4 Å². The first kappa shape index (κ1) is 13.9. The fourth-order valence-electron chi connectivity index (χ4n) is 3.26. The molecule has 1 fully saturated rings. The topological polar surface area (TPSA) is 29.9 Å². The Labute approximate surface area is 115 Å². The maximum Gasteiger partial charge on any atom is 0.130 e. The highest BCUT2D eigenvalue weighted by atomic mass is 35.5. The van der Waals surface area contributed by atoms with Gasteiger partial charge in [-0.3, -0.25) is 4.68 Å². The van der Waals surface area contributed by atoms with Gasteiger partial charge in [-0.25, -0.2) is 0 Å². The van der Waals surface area contributed by atoms with E-state index in [1.54, 1.807) is 4.68 Å². The molecule has 1 aliphatic rings. The van der Waals surface area contributed by atoms with Crippen LogP contribution in [0, 0.1) is 12.8 Å². The first-order chi connectivity index (χ1) is 8.43. The Balaban J connectivity index is 2.23. The molecule has 2 heterocycles. The van der Waals surface area contributed by atoms with Crippen molar-refractivity contribution >= 4 is 11.6 Å². The van der Waals surface area contributed by atoms with Gasteiger partial charge in [0.15, 0.2) is 0 Å². The maximum atomic E-state index is 6.36. The molecule has 4 heteroatoms. The van der Waals surface area contributed by atoms with Crippen molar-refractivity contribution < 1.29 is 0 Å². The van der Waals surface area contributed by atoms with Crippen molar-refractivity contribution in [1.29, 1.82) is 0 Å². The smallest absolute Gasteiger partial charge is 0.130 e. The van der Waals surface area contributed by atoms with Crippen molar-refractivity contribution in [3.8, 4) is 0 Å². The Kier molecular flexibility index (Phi) is 4.02. The molecular weight excluding hydrogens is 246 g/mol. The lowest BCUT2D eigenvalue weighted by Gasteiger charge is -2.31. The second-order valence-corrected chi connectivity index (χ2v) is 6.42. The van der Waals surface area contributed by atoms with Crippen LogP contribution in [-0.4, -0.2) is 21.9 Å². The molecule has 0 bridgehead atoms. The molecule has 0 amide bonds. The first-order valence-corrected chi connectivity index (χ1v) is 7.24. The molecule has 0 aromatic carbocycles. The highest BCUT2D eigenvalue weighted by Gasteiger charge is 2.35. The lowest BCUT2D eigenvalue weighted by Crippen LogP contribution is -2.43. The van der Waals surface area contributed by atoms with E-state index in [-0.39, 0.29) is 5.54 Å². The molecule has 1 aromatic heterocycles. The highest BCUT2D eigenvalue weighted by Crippen LogP contribution is 2.33. The molecule has 1 N–H and O–H groups in total. The van der Waals surface area contributed by atoms with Gasteiger partial charge in [0.25, 0.3) is 0 Å². The third kappa shape index (κ3) is 2.72. The van der Waals surface area contributed by atoms with Crippen LogP contribution < -0.4 is 5.32 Å². The average Bonchev–Trinajstić information content (AvgIpc) is 2.80. The molecule has 0 aliphatic carbocycles. The van der Waals surface area contributed by atoms with Gasteiger partial charge < -0.3 is 5.32 Å². The van der Waals surface area contributed by atoms with Gasteiger partial charge in [-0.2, -0.15) is 5.10 Å². The molecule has 102 valence electrons. The zero-order chi connectivity index (χ0) is 13.3. The highest BCUT2D eigenvalue weighted by molar-refractivity contribution is 6.30. The number of hydrogen-bond acceptors (Lipinski definition) is 2. The summed E-state index contributed by atoms with van der Waals surface area (Å²) in [6.07, 6.45) is 4.72. The van der Waals surface area contributed by atoms with Crippen LogP contribution in [0.2, 0.25) is 5.15 Å². The Hall–Kier alpha value is -0.540. The summed E-state index contributed by atoms with van der Waals surface area (Å²) in [7, 11) is 1.91. The number of rotatable bonds is 4. The van der Waals surface area contributed by atoms with Crippen LogP contribution in [0.5, 0.6) is 0 Å². The van der Waals surface area contributed by atoms with Crippen molar-refractivity contribution in [1.82, 2.24) is 15.1 Å². The summed E-state index contributed by atoms with van der Waals surface area (Å²) >= 11 is 6.36. The molecule has 0 spiro atoms. The fraction of sp³-hybridized carbons (Fsp3) is 0.786. The second-order valence-electron chi connectivity index (χ2n) is 6.06. The minimum Gasteiger partial charge on any atom is -0.311 e. The lowest BCUT2D eigenvalue weighted by molar-refractivity contribution is 0.301. The zero-order valence-corrected chi connectivity index (χ0v) is 12.6. The molecule has 2 rings (SSSR count). The van der Waals surface area contributed by atoms with Crippen molar-refractivity contribution in [2.24, 2.45) is 13.0 Å². The average molecular weight is 270 g/mol. The van der Waals surface area contributed by atoms with Gasteiger partial charge in [0.1, 0.15) is 5.15 Å². The summed E-state index contributed by atoms with van der Waals surface area (Å²) in [6, 6.07) is 0. The van der Waals surface area contributed by atoms with Gasteiger partial charge in [-0.1, -0.05) is 25.4 Å². The lowest BCUT2D eigenvalue weighted by atomic mass is 9.82. The van der Waals surface area contributed by atoms with Gasteiger partial charge in [-0.05, 0) is 45.1 Å². The molecule has 1 aliphatic heterocycles. The predicted octanol–water partition coefficient (Wildman–Crippen LogP) is 3.09. The second kappa shape index (κ2) is 5.22. The summed E-state index contributed by atoms with van der Waals surface area (Å²) in [5, 5.41) is 8.93. The summed E-state index contributed by atoms with van der Waals surface area (Å²) in [5.74, 6) is 0.700. The van der Waals surface area contributed by atoms with Gasteiger partial charge in [0.2, 0.25) is 0 Å². The number of nitrogens with zero attached hydrogens (tertiary/aromatic N) is 2. The predicted molar refractivity (Wildman–Crippen MR) is 76.1 cm³/mol. The van der Waals surface area contributed by atoms with Gasteiger partial charge in [0.05, 0.1) is 5.69 Å². The Bertz CT molecular complexity index is 417. The molecular formula is C14H24ClN3. The Morgan fingerprint density at radius 1 is 1.50 bits per heavy atom. The van der Waals surface area contributed by atoms with Crippen molar-refractivity contribution in [3.63, 3.8) is 0 Å². The van der Waals surface area contributed by atoms with E-state index in [9.17, 15) is 0 Å². The molecule has 1 atom stereocenters. The van der Waals surface area contributed by atoms with E-state index < -0.39 is 0 Å². The van der Waals surface area contributed by atoms with E-state index in [1.807, 2.05) is 7.05 Å². The number of aryl methyl sites for hydroxylation is 2.